The third kappa shape index (κ3) is 1.93. The Morgan fingerprint density at radius 1 is 0.952 bits per heavy atom. The molecular weight excluding hydrogens is 290 g/mol. The minimum absolute atomic E-state index is 0.239. The van der Waals surface area contributed by atoms with E-state index in [4.69, 9.17) is 4.42 Å². The SMILES string of the molecule is COc1c(F)c(F)c(-c2nc3ccccc3o2)c(F)c1F. The Morgan fingerprint density at radius 2 is 1.57 bits per heavy atom. The number of hydrogen-bond donors (Lipinski definition) is 0. The van der Waals surface area contributed by atoms with Gasteiger partial charge in [-0.2, -0.15) is 8.78 Å². The second-order valence-electron chi connectivity index (χ2n) is 4.15. The van der Waals surface area contributed by atoms with E-state index >= 15 is 0 Å². The van der Waals surface area contributed by atoms with Crippen molar-refractivity contribution in [2.45, 2.75) is 0 Å². The van der Waals surface area contributed by atoms with Crippen LogP contribution in [-0.2, 0) is 0 Å². The second kappa shape index (κ2) is 4.76. The summed E-state index contributed by atoms with van der Waals surface area (Å²) in [5, 5.41) is 0. The van der Waals surface area contributed by atoms with Crippen LogP contribution in [0, 0.1) is 23.3 Å². The van der Waals surface area contributed by atoms with Crippen molar-refractivity contribution in [3.8, 4) is 17.2 Å². The van der Waals surface area contributed by atoms with E-state index in [1.807, 2.05) is 0 Å². The molecule has 0 saturated carbocycles. The molecule has 2 aromatic carbocycles. The molecule has 3 rings (SSSR count). The van der Waals surface area contributed by atoms with Crippen molar-refractivity contribution in [3.63, 3.8) is 0 Å². The molecule has 3 aromatic rings. The van der Waals surface area contributed by atoms with E-state index in [2.05, 4.69) is 9.72 Å². The van der Waals surface area contributed by atoms with Crippen LogP contribution in [-0.4, -0.2) is 12.1 Å². The largest absolute Gasteiger partial charge is 0.491 e. The highest BCUT2D eigenvalue weighted by atomic mass is 19.2. The van der Waals surface area contributed by atoms with Gasteiger partial charge in [0.05, 0.1) is 7.11 Å². The van der Waals surface area contributed by atoms with E-state index in [0.717, 1.165) is 7.11 Å². The van der Waals surface area contributed by atoms with Gasteiger partial charge >= 0.3 is 0 Å². The molecule has 108 valence electrons. The third-order valence-electron chi connectivity index (χ3n) is 2.93. The lowest BCUT2D eigenvalue weighted by atomic mass is 10.1. The number of aromatic nitrogens is 1. The van der Waals surface area contributed by atoms with Gasteiger partial charge in [0.2, 0.25) is 17.5 Å². The number of fused-ring (bicyclic) bond motifs is 1. The normalized spacial score (nSPS) is 11.1. The van der Waals surface area contributed by atoms with Gasteiger partial charge in [-0.3, -0.25) is 0 Å². The lowest BCUT2D eigenvalue weighted by Crippen LogP contribution is -2.03. The molecule has 1 aromatic heterocycles. The van der Waals surface area contributed by atoms with Crippen LogP contribution in [0.4, 0.5) is 17.6 Å². The van der Waals surface area contributed by atoms with E-state index in [1.165, 1.54) is 12.1 Å². The van der Waals surface area contributed by atoms with Crippen LogP contribution in [0.25, 0.3) is 22.6 Å². The van der Waals surface area contributed by atoms with Crippen molar-refractivity contribution < 1.29 is 26.7 Å². The van der Waals surface area contributed by atoms with Crippen molar-refractivity contribution in [2.24, 2.45) is 0 Å². The fourth-order valence-electron chi connectivity index (χ4n) is 1.96. The summed E-state index contributed by atoms with van der Waals surface area (Å²) in [5.74, 6) is -8.23. The summed E-state index contributed by atoms with van der Waals surface area (Å²) < 4.78 is 64.7. The topological polar surface area (TPSA) is 35.3 Å². The molecular formula is C14H7F4NO2. The number of halogens is 4. The number of oxazole rings is 1. The summed E-state index contributed by atoms with van der Waals surface area (Å²) in [5.41, 5.74) is -0.465. The molecule has 0 bridgehead atoms. The fraction of sp³-hybridized carbons (Fsp3) is 0.0714. The molecule has 0 aliphatic rings. The Labute approximate surface area is 115 Å². The number of ether oxygens (including phenoxy) is 1. The van der Waals surface area contributed by atoms with Gasteiger partial charge in [0, 0.05) is 0 Å². The fourth-order valence-corrected chi connectivity index (χ4v) is 1.96. The maximum absolute atomic E-state index is 13.9. The zero-order chi connectivity index (χ0) is 15.1. The van der Waals surface area contributed by atoms with Gasteiger partial charge in [0.25, 0.3) is 0 Å². The predicted octanol–water partition coefficient (Wildman–Crippen LogP) is 4.06. The Balaban J connectivity index is 2.32. The number of rotatable bonds is 2. The summed E-state index contributed by atoms with van der Waals surface area (Å²) in [4.78, 5) is 3.82. The number of para-hydroxylation sites is 2. The highest BCUT2D eigenvalue weighted by Gasteiger charge is 2.29. The molecule has 3 nitrogen and oxygen atoms in total. The van der Waals surface area contributed by atoms with Crippen LogP contribution < -0.4 is 4.74 Å². The summed E-state index contributed by atoms with van der Waals surface area (Å²) in [6.07, 6.45) is 0. The molecule has 21 heavy (non-hydrogen) atoms. The smallest absolute Gasteiger partial charge is 0.233 e. The molecule has 0 spiro atoms. The Kier molecular flexibility index (Phi) is 3.04. The van der Waals surface area contributed by atoms with Crippen LogP contribution in [0.3, 0.4) is 0 Å². The van der Waals surface area contributed by atoms with Gasteiger partial charge < -0.3 is 9.15 Å². The Morgan fingerprint density at radius 3 is 2.14 bits per heavy atom. The van der Waals surface area contributed by atoms with Crippen molar-refractivity contribution in [2.75, 3.05) is 7.11 Å². The molecule has 0 saturated heterocycles. The summed E-state index contributed by atoms with van der Waals surface area (Å²) >= 11 is 0. The molecule has 0 N–H and O–H groups in total. The van der Waals surface area contributed by atoms with Crippen LogP contribution in [0.5, 0.6) is 5.75 Å². The van der Waals surface area contributed by atoms with E-state index in [1.54, 1.807) is 12.1 Å². The number of benzene rings is 2. The van der Waals surface area contributed by atoms with Crippen molar-refractivity contribution in [1.82, 2.24) is 4.98 Å². The predicted molar refractivity (Wildman–Crippen MR) is 65.8 cm³/mol. The van der Waals surface area contributed by atoms with Gasteiger partial charge in [0.15, 0.2) is 23.0 Å². The van der Waals surface area contributed by atoms with Gasteiger partial charge in [-0.15, -0.1) is 0 Å². The van der Waals surface area contributed by atoms with Gasteiger partial charge in [-0.25, -0.2) is 13.8 Å². The molecule has 0 atom stereocenters. The molecule has 0 fully saturated rings. The molecule has 0 aliphatic heterocycles. The van der Waals surface area contributed by atoms with Crippen molar-refractivity contribution in [3.05, 3.63) is 47.5 Å². The van der Waals surface area contributed by atoms with Gasteiger partial charge in [-0.05, 0) is 12.1 Å². The van der Waals surface area contributed by atoms with Crippen LogP contribution >= 0.6 is 0 Å². The van der Waals surface area contributed by atoms with E-state index in [0.29, 0.717) is 5.52 Å². The minimum atomic E-state index is -1.64. The van der Waals surface area contributed by atoms with Crippen LogP contribution in [0.15, 0.2) is 28.7 Å². The Hall–Kier alpha value is -2.57. The molecule has 7 heteroatoms. The quantitative estimate of drug-likeness (QED) is 0.528. The second-order valence-corrected chi connectivity index (χ2v) is 4.15. The average molecular weight is 297 g/mol. The first-order valence-corrected chi connectivity index (χ1v) is 5.80. The first-order valence-electron chi connectivity index (χ1n) is 5.80. The minimum Gasteiger partial charge on any atom is -0.491 e. The standard InChI is InChI=1S/C14H7F4NO2/c1-20-13-11(17)9(15)8(10(16)12(13)18)14-19-6-4-2-3-5-7(6)21-14/h2-5H,1H3. The van der Waals surface area contributed by atoms with E-state index < -0.39 is 40.5 Å². The first-order chi connectivity index (χ1) is 10.0. The maximum Gasteiger partial charge on any atom is 0.233 e. The summed E-state index contributed by atoms with van der Waals surface area (Å²) in [6, 6.07) is 6.31. The lowest BCUT2D eigenvalue weighted by molar-refractivity contribution is 0.333. The molecule has 0 unspecified atom stereocenters. The summed E-state index contributed by atoms with van der Waals surface area (Å²) in [7, 11) is 0.902. The highest BCUT2D eigenvalue weighted by molar-refractivity contribution is 5.76. The first kappa shape index (κ1) is 13.4. The van der Waals surface area contributed by atoms with Crippen molar-refractivity contribution >= 4 is 11.1 Å². The number of hydrogen-bond acceptors (Lipinski definition) is 3. The lowest BCUT2D eigenvalue weighted by Gasteiger charge is -2.08. The molecule has 0 radical (unpaired) electrons. The van der Waals surface area contributed by atoms with Gasteiger partial charge in [-0.1, -0.05) is 12.1 Å². The molecule has 0 aliphatic carbocycles. The molecule has 0 amide bonds. The van der Waals surface area contributed by atoms with Crippen molar-refractivity contribution in [1.29, 1.82) is 0 Å². The van der Waals surface area contributed by atoms with Gasteiger partial charge in [0.1, 0.15) is 11.1 Å². The Bertz CT molecular complexity index is 782. The third-order valence-corrected chi connectivity index (χ3v) is 2.93. The van der Waals surface area contributed by atoms with Crippen LogP contribution in [0.2, 0.25) is 0 Å². The zero-order valence-corrected chi connectivity index (χ0v) is 10.6. The maximum atomic E-state index is 13.9. The molecule has 1 heterocycles. The monoisotopic (exact) mass is 297 g/mol. The van der Waals surface area contributed by atoms with E-state index in [-0.39, 0.29) is 5.58 Å². The average Bonchev–Trinajstić information content (AvgIpc) is 2.89. The highest BCUT2D eigenvalue weighted by Crippen LogP contribution is 2.36. The zero-order valence-electron chi connectivity index (χ0n) is 10.6. The number of methoxy groups -OCH3 is 1. The van der Waals surface area contributed by atoms with E-state index in [9.17, 15) is 17.6 Å². The van der Waals surface area contributed by atoms with Crippen LogP contribution in [0.1, 0.15) is 0 Å². The summed E-state index contributed by atoms with van der Waals surface area (Å²) in [6.45, 7) is 0. The number of nitrogens with zero attached hydrogens (tertiary/aromatic N) is 1.